The number of carbonyl (C=O) groups is 1. The van der Waals surface area contributed by atoms with Gasteiger partial charge in [0.2, 0.25) is 5.91 Å². The van der Waals surface area contributed by atoms with Gasteiger partial charge in [0.05, 0.1) is 5.54 Å². The summed E-state index contributed by atoms with van der Waals surface area (Å²) in [6, 6.07) is 1.12. The van der Waals surface area contributed by atoms with E-state index in [2.05, 4.69) is 36.1 Å². The van der Waals surface area contributed by atoms with Crippen LogP contribution >= 0.6 is 0 Å². The van der Waals surface area contributed by atoms with Crippen LogP contribution in [0, 0.1) is 0 Å². The highest BCUT2D eigenvalue weighted by Gasteiger charge is 2.42. The Morgan fingerprint density at radius 2 is 2.00 bits per heavy atom. The number of likely N-dealkylation sites (N-methyl/N-ethyl adjacent to an activating group) is 1. The zero-order valence-electron chi connectivity index (χ0n) is 13.9. The van der Waals surface area contributed by atoms with Crippen LogP contribution in [0.4, 0.5) is 0 Å². The highest BCUT2D eigenvalue weighted by atomic mass is 16.1. The van der Waals surface area contributed by atoms with E-state index in [1.54, 1.807) is 0 Å². The lowest BCUT2D eigenvalue weighted by atomic mass is 9.77. The fraction of sp³-hybridized carbons (Fsp3) is 0.938. The zero-order valence-corrected chi connectivity index (χ0v) is 13.9. The van der Waals surface area contributed by atoms with Gasteiger partial charge in [-0.2, -0.15) is 0 Å². The molecule has 5 heteroatoms. The minimum atomic E-state index is -0.489. The Bertz CT molecular complexity index is 350. The summed E-state index contributed by atoms with van der Waals surface area (Å²) in [7, 11) is 4.43. The number of nitrogens with two attached hydrogens (primary N) is 1. The highest BCUT2D eigenvalue weighted by Crippen LogP contribution is 2.32. The number of piperidine rings is 1. The number of carbonyl (C=O) groups excluding carboxylic acids is 1. The smallest absolute Gasteiger partial charge is 0.237 e. The minimum absolute atomic E-state index is 0.175. The molecule has 1 saturated heterocycles. The van der Waals surface area contributed by atoms with E-state index in [0.717, 1.165) is 25.8 Å². The van der Waals surface area contributed by atoms with Crippen molar-refractivity contribution in [2.75, 3.05) is 33.7 Å². The molecule has 0 bridgehead atoms. The second kappa shape index (κ2) is 7.07. The number of amides is 1. The quantitative estimate of drug-likeness (QED) is 0.787. The number of likely N-dealkylation sites (tertiary alicyclic amines) is 1. The fourth-order valence-corrected chi connectivity index (χ4v) is 4.10. The Labute approximate surface area is 129 Å². The monoisotopic (exact) mass is 296 g/mol. The molecule has 1 saturated carbocycles. The first-order chi connectivity index (χ1) is 9.98. The van der Waals surface area contributed by atoms with Gasteiger partial charge in [-0.15, -0.1) is 0 Å². The number of nitrogens with zero attached hydrogens (tertiary/aromatic N) is 2. The Morgan fingerprint density at radius 1 is 1.33 bits per heavy atom. The lowest BCUT2D eigenvalue weighted by molar-refractivity contribution is -0.126. The summed E-state index contributed by atoms with van der Waals surface area (Å²) in [6.45, 7) is 5.20. The Balaban J connectivity index is 2.00. The number of primary amides is 1. The normalized spacial score (nSPS) is 32.5. The molecule has 1 aliphatic carbocycles. The summed E-state index contributed by atoms with van der Waals surface area (Å²) in [5, 5.41) is 3.38. The molecule has 0 aromatic rings. The molecule has 2 aliphatic rings. The molecule has 5 nitrogen and oxygen atoms in total. The van der Waals surface area contributed by atoms with E-state index >= 15 is 0 Å². The molecule has 1 aliphatic heterocycles. The van der Waals surface area contributed by atoms with Gasteiger partial charge in [-0.1, -0.05) is 6.92 Å². The molecular formula is C16H32N4O. The van der Waals surface area contributed by atoms with Crippen LogP contribution in [0.5, 0.6) is 0 Å². The first-order valence-corrected chi connectivity index (χ1v) is 8.44. The summed E-state index contributed by atoms with van der Waals surface area (Å²) < 4.78 is 0. The first-order valence-electron chi connectivity index (χ1n) is 8.44. The highest BCUT2D eigenvalue weighted by molar-refractivity contribution is 5.84. The van der Waals surface area contributed by atoms with Gasteiger partial charge in [0.1, 0.15) is 0 Å². The fourth-order valence-electron chi connectivity index (χ4n) is 4.10. The molecular weight excluding hydrogens is 264 g/mol. The molecule has 0 radical (unpaired) electrons. The molecule has 122 valence electrons. The first kappa shape index (κ1) is 16.7. The average Bonchev–Trinajstić information content (AvgIpc) is 2.48. The van der Waals surface area contributed by atoms with E-state index in [1.807, 2.05) is 0 Å². The maximum absolute atomic E-state index is 12.0. The van der Waals surface area contributed by atoms with Gasteiger partial charge in [-0.3, -0.25) is 4.79 Å². The third kappa shape index (κ3) is 3.76. The van der Waals surface area contributed by atoms with Crippen LogP contribution in [0.1, 0.15) is 45.4 Å². The molecule has 2 rings (SSSR count). The van der Waals surface area contributed by atoms with Gasteiger partial charge >= 0.3 is 0 Å². The largest absolute Gasteiger partial charge is 0.368 e. The molecule has 3 N–H and O–H groups in total. The summed E-state index contributed by atoms with van der Waals surface area (Å²) in [5.41, 5.74) is 5.23. The van der Waals surface area contributed by atoms with Crippen molar-refractivity contribution in [1.82, 2.24) is 15.1 Å². The van der Waals surface area contributed by atoms with Crippen LogP contribution in [-0.2, 0) is 4.79 Å². The standard InChI is InChI=1S/C16H32N4O/c1-4-18-16(15(17)21)9-5-6-14(12-16)20(3)13-7-10-19(2)11-8-13/h13-14,18H,4-12H2,1-3H3,(H2,17,21). The lowest BCUT2D eigenvalue weighted by Crippen LogP contribution is -2.61. The molecule has 2 unspecified atom stereocenters. The predicted octanol–water partition coefficient (Wildman–Crippen LogP) is 0.789. The molecule has 2 fully saturated rings. The van der Waals surface area contributed by atoms with Gasteiger partial charge in [0, 0.05) is 12.1 Å². The molecule has 0 spiro atoms. The van der Waals surface area contributed by atoms with Crippen LogP contribution in [0.25, 0.3) is 0 Å². The van der Waals surface area contributed by atoms with Crippen LogP contribution in [-0.4, -0.2) is 67.1 Å². The zero-order chi connectivity index (χ0) is 15.5. The topological polar surface area (TPSA) is 61.6 Å². The Kier molecular flexibility index (Phi) is 5.63. The Hall–Kier alpha value is -0.650. The van der Waals surface area contributed by atoms with Crippen LogP contribution < -0.4 is 11.1 Å². The molecule has 1 heterocycles. The average molecular weight is 296 g/mol. The van der Waals surface area contributed by atoms with E-state index in [-0.39, 0.29) is 5.91 Å². The van der Waals surface area contributed by atoms with Gasteiger partial charge in [0.15, 0.2) is 0 Å². The van der Waals surface area contributed by atoms with E-state index in [1.165, 1.54) is 32.4 Å². The third-order valence-electron chi connectivity index (χ3n) is 5.55. The van der Waals surface area contributed by atoms with Crippen molar-refractivity contribution in [2.24, 2.45) is 5.73 Å². The van der Waals surface area contributed by atoms with E-state index in [4.69, 9.17) is 5.73 Å². The van der Waals surface area contributed by atoms with Gasteiger partial charge in [0.25, 0.3) is 0 Å². The maximum atomic E-state index is 12.0. The van der Waals surface area contributed by atoms with Crippen molar-refractivity contribution in [2.45, 2.75) is 63.1 Å². The molecule has 0 aromatic carbocycles. The van der Waals surface area contributed by atoms with Crippen LogP contribution in [0.2, 0.25) is 0 Å². The number of hydrogen-bond acceptors (Lipinski definition) is 4. The van der Waals surface area contributed by atoms with Crippen molar-refractivity contribution in [1.29, 1.82) is 0 Å². The predicted molar refractivity (Wildman–Crippen MR) is 86.1 cm³/mol. The number of hydrogen-bond donors (Lipinski definition) is 2. The van der Waals surface area contributed by atoms with Gasteiger partial charge in [-0.25, -0.2) is 0 Å². The summed E-state index contributed by atoms with van der Waals surface area (Å²) in [4.78, 5) is 16.9. The van der Waals surface area contributed by atoms with E-state index < -0.39 is 5.54 Å². The van der Waals surface area contributed by atoms with Crippen molar-refractivity contribution < 1.29 is 4.79 Å². The van der Waals surface area contributed by atoms with E-state index in [0.29, 0.717) is 12.1 Å². The summed E-state index contributed by atoms with van der Waals surface area (Å²) in [5.74, 6) is -0.175. The van der Waals surface area contributed by atoms with Crippen molar-refractivity contribution in [3.63, 3.8) is 0 Å². The van der Waals surface area contributed by atoms with Crippen molar-refractivity contribution >= 4 is 5.91 Å². The Morgan fingerprint density at radius 3 is 2.57 bits per heavy atom. The lowest BCUT2D eigenvalue weighted by Gasteiger charge is -2.46. The second-order valence-electron chi connectivity index (χ2n) is 6.93. The third-order valence-corrected chi connectivity index (χ3v) is 5.55. The number of rotatable bonds is 5. The molecule has 21 heavy (non-hydrogen) atoms. The maximum Gasteiger partial charge on any atom is 0.237 e. The minimum Gasteiger partial charge on any atom is -0.368 e. The van der Waals surface area contributed by atoms with Crippen molar-refractivity contribution in [3.05, 3.63) is 0 Å². The van der Waals surface area contributed by atoms with Gasteiger partial charge in [-0.05, 0) is 72.3 Å². The van der Waals surface area contributed by atoms with Gasteiger partial charge < -0.3 is 20.9 Å². The second-order valence-corrected chi connectivity index (χ2v) is 6.93. The van der Waals surface area contributed by atoms with Crippen molar-refractivity contribution in [3.8, 4) is 0 Å². The van der Waals surface area contributed by atoms with Crippen LogP contribution in [0.15, 0.2) is 0 Å². The number of nitrogens with one attached hydrogen (secondary N) is 1. The molecule has 2 atom stereocenters. The van der Waals surface area contributed by atoms with Crippen LogP contribution in [0.3, 0.4) is 0 Å². The van der Waals surface area contributed by atoms with E-state index in [9.17, 15) is 4.79 Å². The molecule has 0 aromatic heterocycles. The summed E-state index contributed by atoms with van der Waals surface area (Å²) in [6.07, 6.45) is 6.47. The SMILES string of the molecule is CCNC1(C(N)=O)CCCC(N(C)C2CCN(C)CC2)C1. The summed E-state index contributed by atoms with van der Waals surface area (Å²) >= 11 is 0. The molecule has 1 amide bonds.